The van der Waals surface area contributed by atoms with Crippen molar-refractivity contribution in [1.29, 1.82) is 0 Å². The smallest absolute Gasteiger partial charge is 0.183 e. The van der Waals surface area contributed by atoms with Crippen LogP contribution in [0.3, 0.4) is 0 Å². The van der Waals surface area contributed by atoms with E-state index in [4.69, 9.17) is 4.74 Å². The summed E-state index contributed by atoms with van der Waals surface area (Å²) in [7, 11) is 1.68. The third-order valence-corrected chi connectivity index (χ3v) is 4.11. The molecule has 0 unspecified atom stereocenters. The Hall–Kier alpha value is -1.66. The summed E-state index contributed by atoms with van der Waals surface area (Å²) in [5, 5.41) is 6.14. The summed E-state index contributed by atoms with van der Waals surface area (Å²) in [5.41, 5.74) is 4.40. The van der Waals surface area contributed by atoms with Crippen LogP contribution in [-0.4, -0.2) is 35.5 Å². The van der Waals surface area contributed by atoms with Gasteiger partial charge in [0.1, 0.15) is 5.69 Å². The Morgan fingerprint density at radius 1 is 1.52 bits per heavy atom. The average Bonchev–Trinajstić information content (AvgIpc) is 2.94. The van der Waals surface area contributed by atoms with Crippen molar-refractivity contribution in [2.75, 3.05) is 19.0 Å². The van der Waals surface area contributed by atoms with Crippen molar-refractivity contribution in [3.63, 3.8) is 0 Å². The van der Waals surface area contributed by atoms with Crippen LogP contribution >= 0.6 is 11.3 Å². The first kappa shape index (κ1) is 15.7. The number of anilines is 1. The number of rotatable bonds is 6. The number of nitrogens with zero attached hydrogens (tertiary/aromatic N) is 1. The first-order chi connectivity index (χ1) is 9.93. The van der Waals surface area contributed by atoms with Crippen LogP contribution < -0.4 is 5.32 Å². The van der Waals surface area contributed by atoms with Gasteiger partial charge >= 0.3 is 0 Å². The number of H-pyrrole nitrogens is 1. The van der Waals surface area contributed by atoms with Crippen LogP contribution in [-0.2, 0) is 4.74 Å². The number of thiazole rings is 1. The molecule has 2 aromatic rings. The van der Waals surface area contributed by atoms with E-state index in [0.29, 0.717) is 6.61 Å². The number of carbonyl (C=O) groups is 1. The number of aromatic nitrogens is 2. The van der Waals surface area contributed by atoms with Crippen molar-refractivity contribution >= 4 is 22.3 Å². The summed E-state index contributed by atoms with van der Waals surface area (Å²) in [5.74, 6) is 0.0785. The molecule has 2 rings (SSSR count). The van der Waals surface area contributed by atoms with E-state index in [9.17, 15) is 4.79 Å². The van der Waals surface area contributed by atoms with E-state index >= 15 is 0 Å². The Balaban J connectivity index is 2.26. The minimum absolute atomic E-state index is 0.0785. The molecule has 0 spiro atoms. The zero-order chi connectivity index (χ0) is 15.6. The summed E-state index contributed by atoms with van der Waals surface area (Å²) < 4.78 is 5.10. The molecule has 0 saturated heterocycles. The monoisotopic (exact) mass is 307 g/mol. The lowest BCUT2D eigenvalue weighted by Gasteiger charge is -2.10. The number of aryl methyl sites for hydroxylation is 1. The molecule has 0 bridgehead atoms. The number of ether oxygens (including phenoxy) is 1. The number of hydrogen-bond donors (Lipinski definition) is 2. The summed E-state index contributed by atoms with van der Waals surface area (Å²) in [6, 6.07) is 0.202. The van der Waals surface area contributed by atoms with Gasteiger partial charge in [-0.15, -0.1) is 11.3 Å². The first-order valence-corrected chi connectivity index (χ1v) is 7.73. The van der Waals surface area contributed by atoms with Gasteiger partial charge in [-0.25, -0.2) is 4.98 Å². The Morgan fingerprint density at radius 3 is 2.81 bits per heavy atom. The molecule has 0 aromatic carbocycles. The quantitative estimate of drug-likeness (QED) is 0.803. The van der Waals surface area contributed by atoms with Crippen molar-refractivity contribution in [2.24, 2.45) is 0 Å². The second-order valence-electron chi connectivity index (χ2n) is 5.22. The molecule has 0 radical (unpaired) electrons. The Bertz CT molecular complexity index is 645. The molecule has 0 amide bonds. The molecule has 2 heterocycles. The lowest BCUT2D eigenvalue weighted by atomic mass is 10.1. The van der Waals surface area contributed by atoms with E-state index < -0.39 is 0 Å². The molecular formula is C15H21N3O2S. The highest BCUT2D eigenvalue weighted by atomic mass is 32.1. The maximum Gasteiger partial charge on any atom is 0.183 e. The number of ketones is 1. The number of nitrogens with one attached hydrogen (secondary N) is 2. The van der Waals surface area contributed by atoms with E-state index in [1.165, 1.54) is 0 Å². The highest BCUT2D eigenvalue weighted by Gasteiger charge is 2.18. The molecule has 0 aliphatic carbocycles. The van der Waals surface area contributed by atoms with Gasteiger partial charge in [0.15, 0.2) is 10.9 Å². The second-order valence-corrected chi connectivity index (χ2v) is 6.08. The molecule has 5 nitrogen and oxygen atoms in total. The maximum atomic E-state index is 11.7. The van der Waals surface area contributed by atoms with Crippen LogP contribution in [0, 0.1) is 13.8 Å². The molecule has 0 aliphatic heterocycles. The minimum atomic E-state index is 0.0785. The van der Waals surface area contributed by atoms with E-state index in [0.717, 1.165) is 33.3 Å². The largest absolute Gasteiger partial charge is 0.383 e. The number of methoxy groups -OCH3 is 1. The summed E-state index contributed by atoms with van der Waals surface area (Å²) in [6.45, 7) is 8.13. The highest BCUT2D eigenvalue weighted by molar-refractivity contribution is 7.14. The number of Topliss-reactive ketones (excluding diaryl/α,β-unsaturated/α-hetero) is 1. The van der Waals surface area contributed by atoms with Crippen molar-refractivity contribution in [3.8, 4) is 11.4 Å². The normalized spacial score (nSPS) is 12.4. The van der Waals surface area contributed by atoms with E-state index in [1.54, 1.807) is 25.4 Å². The minimum Gasteiger partial charge on any atom is -0.383 e. The van der Waals surface area contributed by atoms with Gasteiger partial charge in [0.25, 0.3) is 0 Å². The van der Waals surface area contributed by atoms with Crippen LogP contribution in [0.5, 0.6) is 0 Å². The van der Waals surface area contributed by atoms with Gasteiger partial charge < -0.3 is 15.0 Å². The van der Waals surface area contributed by atoms with Gasteiger partial charge in [-0.05, 0) is 33.3 Å². The zero-order valence-corrected chi connectivity index (χ0v) is 13.9. The van der Waals surface area contributed by atoms with Gasteiger partial charge in [-0.2, -0.15) is 0 Å². The van der Waals surface area contributed by atoms with Crippen LogP contribution in [0.15, 0.2) is 5.38 Å². The van der Waals surface area contributed by atoms with Gasteiger partial charge in [0.2, 0.25) is 0 Å². The molecule has 0 saturated carbocycles. The summed E-state index contributed by atoms with van der Waals surface area (Å²) in [6.07, 6.45) is 0. The van der Waals surface area contributed by atoms with Gasteiger partial charge in [0.05, 0.1) is 12.3 Å². The predicted octanol–water partition coefficient (Wildman–Crippen LogP) is 3.40. The van der Waals surface area contributed by atoms with Crippen LogP contribution in [0.2, 0.25) is 0 Å². The average molecular weight is 307 g/mol. The predicted molar refractivity (Wildman–Crippen MR) is 86.3 cm³/mol. The molecule has 21 heavy (non-hydrogen) atoms. The first-order valence-electron chi connectivity index (χ1n) is 6.85. The Kier molecular flexibility index (Phi) is 4.80. The van der Waals surface area contributed by atoms with Gasteiger partial charge in [-0.1, -0.05) is 0 Å². The molecule has 114 valence electrons. The fourth-order valence-electron chi connectivity index (χ4n) is 2.49. The van der Waals surface area contributed by atoms with Gasteiger partial charge in [-0.3, -0.25) is 4.79 Å². The SMILES string of the molecule is COC[C@@H](C)Nc1nc(-c2[nH]c(C)c(C(C)=O)c2C)cs1. The lowest BCUT2D eigenvalue weighted by Crippen LogP contribution is -2.20. The third kappa shape index (κ3) is 3.33. The summed E-state index contributed by atoms with van der Waals surface area (Å²) >= 11 is 1.55. The molecular weight excluding hydrogens is 286 g/mol. The zero-order valence-electron chi connectivity index (χ0n) is 13.0. The fraction of sp³-hybridized carbons (Fsp3) is 0.467. The molecule has 2 N–H and O–H groups in total. The molecule has 0 aliphatic rings. The second kappa shape index (κ2) is 6.41. The van der Waals surface area contributed by atoms with E-state index in [1.807, 2.05) is 26.2 Å². The molecule has 1 atom stereocenters. The molecule has 2 aromatic heterocycles. The van der Waals surface area contributed by atoms with Crippen LogP contribution in [0.1, 0.15) is 35.5 Å². The van der Waals surface area contributed by atoms with Crippen molar-refractivity contribution in [3.05, 3.63) is 22.2 Å². The Morgan fingerprint density at radius 2 is 2.24 bits per heavy atom. The lowest BCUT2D eigenvalue weighted by molar-refractivity contribution is 0.101. The number of aromatic amines is 1. The topological polar surface area (TPSA) is 67.0 Å². The van der Waals surface area contributed by atoms with E-state index in [-0.39, 0.29) is 11.8 Å². The van der Waals surface area contributed by atoms with Crippen molar-refractivity contribution < 1.29 is 9.53 Å². The molecule has 0 fully saturated rings. The fourth-order valence-corrected chi connectivity index (χ4v) is 3.31. The standard InChI is InChI=1S/C15H21N3O2S/c1-8(6-20-5)16-15-18-12(7-21-15)14-9(2)13(11(4)19)10(3)17-14/h7-8,17H,6H2,1-5H3,(H,16,18)/t8-/m1/s1. The van der Waals surface area contributed by atoms with Crippen molar-refractivity contribution in [1.82, 2.24) is 9.97 Å². The maximum absolute atomic E-state index is 11.7. The van der Waals surface area contributed by atoms with E-state index in [2.05, 4.69) is 15.3 Å². The van der Waals surface area contributed by atoms with Crippen LogP contribution in [0.25, 0.3) is 11.4 Å². The number of carbonyl (C=O) groups excluding carboxylic acids is 1. The number of hydrogen-bond acceptors (Lipinski definition) is 5. The van der Waals surface area contributed by atoms with Crippen LogP contribution in [0.4, 0.5) is 5.13 Å². The highest BCUT2D eigenvalue weighted by Crippen LogP contribution is 2.30. The Labute approximate surface area is 128 Å². The third-order valence-electron chi connectivity index (χ3n) is 3.34. The van der Waals surface area contributed by atoms with Gasteiger partial charge in [0, 0.05) is 29.8 Å². The molecule has 6 heteroatoms. The summed E-state index contributed by atoms with van der Waals surface area (Å²) in [4.78, 5) is 19.6. The van der Waals surface area contributed by atoms with Crippen molar-refractivity contribution in [2.45, 2.75) is 33.7 Å².